The molecule has 0 radical (unpaired) electrons. The van der Waals surface area contributed by atoms with E-state index in [4.69, 9.17) is 11.5 Å². The van der Waals surface area contributed by atoms with Gasteiger partial charge in [-0.15, -0.1) is 0 Å². The van der Waals surface area contributed by atoms with Crippen LogP contribution < -0.4 is 22.1 Å². The Balaban J connectivity index is 1.92. The first-order valence-corrected chi connectivity index (χ1v) is 9.03. The number of pyridine rings is 1. The molecule has 0 fully saturated rings. The maximum atomic E-state index is 11.8. The Morgan fingerprint density at radius 2 is 1.90 bits per heavy atom. The molecule has 0 saturated carbocycles. The van der Waals surface area contributed by atoms with E-state index >= 15 is 0 Å². The zero-order valence-corrected chi connectivity index (χ0v) is 16.4. The van der Waals surface area contributed by atoms with Gasteiger partial charge in [0.05, 0.1) is 17.1 Å². The molecule has 6 N–H and O–H groups in total. The lowest BCUT2D eigenvalue weighted by Gasteiger charge is -2.29. The van der Waals surface area contributed by atoms with E-state index in [0.717, 1.165) is 10.9 Å². The van der Waals surface area contributed by atoms with E-state index in [1.54, 1.807) is 20.0 Å². The van der Waals surface area contributed by atoms with Crippen LogP contribution in [0.1, 0.15) is 31.3 Å². The minimum atomic E-state index is -0.816. The number of carbonyl (C=O) groups excluding carboxylic acids is 2. The second-order valence-corrected chi connectivity index (χ2v) is 7.30. The molecule has 0 aliphatic rings. The number of fused-ring (bicyclic) bond motifs is 1. The molecule has 2 heterocycles. The molecule has 29 heavy (non-hydrogen) atoms. The van der Waals surface area contributed by atoms with Crippen LogP contribution in [0.25, 0.3) is 10.9 Å². The molecule has 150 valence electrons. The van der Waals surface area contributed by atoms with Crippen LogP contribution in [0.2, 0.25) is 0 Å². The molecule has 9 nitrogen and oxygen atoms in total. The monoisotopic (exact) mass is 393 g/mol. The van der Waals surface area contributed by atoms with E-state index in [9.17, 15) is 9.59 Å². The normalized spacial score (nSPS) is 12.4. The summed E-state index contributed by atoms with van der Waals surface area (Å²) in [5.74, 6) is -0.571. The quantitative estimate of drug-likeness (QED) is 0.480. The van der Waals surface area contributed by atoms with Gasteiger partial charge in [0, 0.05) is 23.3 Å². The maximum absolute atomic E-state index is 11.8. The Kier molecular flexibility index (Phi) is 5.31. The average Bonchev–Trinajstić information content (AvgIpc) is 2.67. The van der Waals surface area contributed by atoms with Gasteiger partial charge in [-0.3, -0.25) is 14.6 Å². The molecule has 1 atom stereocenters. The van der Waals surface area contributed by atoms with Crippen molar-refractivity contribution in [3.05, 3.63) is 48.4 Å². The van der Waals surface area contributed by atoms with Crippen LogP contribution in [0, 0.1) is 5.41 Å². The molecule has 0 saturated heterocycles. The van der Waals surface area contributed by atoms with Gasteiger partial charge in [0.25, 0.3) is 5.91 Å². The fraction of sp³-hybridized carbons (Fsp3) is 0.250. The molecule has 1 unspecified atom stereocenters. The number of amides is 2. The third kappa shape index (κ3) is 4.23. The molecule has 0 bridgehead atoms. The average molecular weight is 393 g/mol. The van der Waals surface area contributed by atoms with Crippen LogP contribution in [0.4, 0.5) is 17.3 Å². The van der Waals surface area contributed by atoms with Gasteiger partial charge in [0.1, 0.15) is 5.82 Å². The van der Waals surface area contributed by atoms with Gasteiger partial charge < -0.3 is 22.1 Å². The first-order valence-electron chi connectivity index (χ1n) is 9.03. The minimum absolute atomic E-state index is 0.00338. The molecule has 2 amide bonds. The van der Waals surface area contributed by atoms with Crippen molar-refractivity contribution in [3.63, 3.8) is 0 Å². The van der Waals surface area contributed by atoms with E-state index in [1.807, 2.05) is 37.3 Å². The van der Waals surface area contributed by atoms with Crippen molar-refractivity contribution in [2.45, 2.75) is 26.8 Å². The number of benzene rings is 1. The van der Waals surface area contributed by atoms with Gasteiger partial charge in [-0.25, -0.2) is 9.97 Å². The zero-order chi connectivity index (χ0) is 21.2. The second-order valence-electron chi connectivity index (χ2n) is 7.30. The number of anilines is 3. The number of nitrogens with two attached hydrogens (primary N) is 2. The van der Waals surface area contributed by atoms with Crippen LogP contribution >= 0.6 is 0 Å². The number of aromatic nitrogens is 3. The van der Waals surface area contributed by atoms with Crippen molar-refractivity contribution >= 4 is 40.0 Å². The molecular formula is C20H23N7O2. The number of rotatable bonds is 7. The van der Waals surface area contributed by atoms with Crippen molar-refractivity contribution in [2.75, 3.05) is 10.6 Å². The minimum Gasteiger partial charge on any atom is -0.369 e. The summed E-state index contributed by atoms with van der Waals surface area (Å²) >= 11 is 0. The number of hydrogen-bond acceptors (Lipinski definition) is 7. The molecule has 1 aromatic carbocycles. The predicted octanol–water partition coefficient (Wildman–Crippen LogP) is 2.18. The first kappa shape index (κ1) is 20.0. The molecule has 3 aromatic rings. The summed E-state index contributed by atoms with van der Waals surface area (Å²) in [5.41, 5.74) is 11.6. The van der Waals surface area contributed by atoms with E-state index in [2.05, 4.69) is 25.6 Å². The summed E-state index contributed by atoms with van der Waals surface area (Å²) in [6.45, 7) is 5.29. The molecule has 0 aliphatic carbocycles. The molecular weight excluding hydrogens is 370 g/mol. The Morgan fingerprint density at radius 3 is 2.59 bits per heavy atom. The van der Waals surface area contributed by atoms with Gasteiger partial charge in [-0.05, 0) is 45.0 Å². The van der Waals surface area contributed by atoms with Gasteiger partial charge in [0.2, 0.25) is 5.91 Å². The summed E-state index contributed by atoms with van der Waals surface area (Å²) in [6.07, 6.45) is 3.11. The highest BCUT2D eigenvalue weighted by atomic mass is 16.1. The number of nitrogens with one attached hydrogen (secondary N) is 2. The van der Waals surface area contributed by atoms with Crippen LogP contribution in [-0.2, 0) is 4.79 Å². The van der Waals surface area contributed by atoms with E-state index in [0.29, 0.717) is 11.5 Å². The van der Waals surface area contributed by atoms with Crippen molar-refractivity contribution in [3.8, 4) is 0 Å². The van der Waals surface area contributed by atoms with Gasteiger partial charge in [-0.1, -0.05) is 6.07 Å². The number of carbonyl (C=O) groups is 2. The maximum Gasteiger partial charge on any atom is 0.271 e. The van der Waals surface area contributed by atoms with E-state index in [1.165, 1.54) is 6.20 Å². The zero-order valence-electron chi connectivity index (χ0n) is 16.4. The highest BCUT2D eigenvalue weighted by Crippen LogP contribution is 2.25. The molecule has 3 rings (SSSR count). The van der Waals surface area contributed by atoms with Crippen LogP contribution in [0.15, 0.2) is 42.7 Å². The standard InChI is InChI=1S/C20H23N7O2/c1-11(20(2,3)19(22)29)25-15-10-24-16(17(21)28)18(27-15)26-13-6-7-14-12(9-13)5-4-8-23-14/h4-11H,1-3H3,(H2,21,28)(H2,22,29)(H2,25,26,27). The first-order chi connectivity index (χ1) is 13.7. The van der Waals surface area contributed by atoms with E-state index in [-0.39, 0.29) is 17.6 Å². The van der Waals surface area contributed by atoms with Crippen molar-refractivity contribution in [1.29, 1.82) is 0 Å². The second kappa shape index (κ2) is 7.70. The number of primary amides is 2. The third-order valence-electron chi connectivity index (χ3n) is 4.95. The van der Waals surface area contributed by atoms with Crippen LogP contribution in [0.3, 0.4) is 0 Å². The van der Waals surface area contributed by atoms with Gasteiger partial charge in [-0.2, -0.15) is 0 Å². The summed E-state index contributed by atoms with van der Waals surface area (Å²) in [5, 5.41) is 7.12. The highest BCUT2D eigenvalue weighted by molar-refractivity contribution is 5.96. The lowest BCUT2D eigenvalue weighted by molar-refractivity contribution is -0.126. The largest absolute Gasteiger partial charge is 0.369 e. The Morgan fingerprint density at radius 1 is 1.14 bits per heavy atom. The Labute approximate surface area is 167 Å². The van der Waals surface area contributed by atoms with Crippen molar-refractivity contribution in [1.82, 2.24) is 15.0 Å². The van der Waals surface area contributed by atoms with Gasteiger partial charge in [0.15, 0.2) is 11.5 Å². The SMILES string of the molecule is CC(Nc1cnc(C(N)=O)c(Nc2ccc3ncccc3c2)n1)C(C)(C)C(N)=O. The topological polar surface area (TPSA) is 149 Å². The summed E-state index contributed by atoms with van der Waals surface area (Å²) < 4.78 is 0. The predicted molar refractivity (Wildman–Crippen MR) is 112 cm³/mol. The number of hydrogen-bond donors (Lipinski definition) is 4. The Hall–Kier alpha value is -3.75. The highest BCUT2D eigenvalue weighted by Gasteiger charge is 2.32. The summed E-state index contributed by atoms with van der Waals surface area (Å²) in [4.78, 5) is 36.3. The molecule has 0 spiro atoms. The number of nitrogens with zero attached hydrogens (tertiary/aromatic N) is 3. The molecule has 2 aromatic heterocycles. The third-order valence-corrected chi connectivity index (χ3v) is 4.95. The van der Waals surface area contributed by atoms with Crippen molar-refractivity contribution < 1.29 is 9.59 Å². The van der Waals surface area contributed by atoms with E-state index < -0.39 is 17.2 Å². The lowest BCUT2D eigenvalue weighted by atomic mass is 9.85. The van der Waals surface area contributed by atoms with Gasteiger partial charge >= 0.3 is 0 Å². The van der Waals surface area contributed by atoms with Crippen LogP contribution in [-0.4, -0.2) is 32.8 Å². The smallest absolute Gasteiger partial charge is 0.271 e. The fourth-order valence-corrected chi connectivity index (χ4v) is 2.63. The van der Waals surface area contributed by atoms with Crippen molar-refractivity contribution in [2.24, 2.45) is 16.9 Å². The molecule has 9 heteroatoms. The summed E-state index contributed by atoms with van der Waals surface area (Å²) in [7, 11) is 0. The fourth-order valence-electron chi connectivity index (χ4n) is 2.63. The Bertz CT molecular complexity index is 1080. The lowest BCUT2D eigenvalue weighted by Crippen LogP contribution is -2.44. The summed E-state index contributed by atoms with van der Waals surface area (Å²) in [6, 6.07) is 9.00. The van der Waals surface area contributed by atoms with Crippen LogP contribution in [0.5, 0.6) is 0 Å². The molecule has 0 aliphatic heterocycles.